The van der Waals surface area contributed by atoms with Crippen LogP contribution in [0.25, 0.3) is 10.9 Å². The van der Waals surface area contributed by atoms with E-state index in [1.165, 1.54) is 0 Å². The third-order valence-corrected chi connectivity index (χ3v) is 6.91. The van der Waals surface area contributed by atoms with Gasteiger partial charge in [0.25, 0.3) is 10.0 Å². The van der Waals surface area contributed by atoms with Gasteiger partial charge in [-0.3, -0.25) is 9.52 Å². The van der Waals surface area contributed by atoms with Crippen LogP contribution in [-0.2, 0) is 16.4 Å². The third-order valence-electron chi connectivity index (χ3n) is 5.13. The highest BCUT2D eigenvalue weighted by atomic mass is 35.5. The number of carbonyl (C=O) groups excluding carboxylic acids is 1. The van der Waals surface area contributed by atoms with Crippen LogP contribution in [0.2, 0.25) is 5.02 Å². The van der Waals surface area contributed by atoms with Crippen LogP contribution in [0.3, 0.4) is 0 Å². The fraction of sp³-hybridized carbons (Fsp3) is 0.286. The number of hydrogen-bond donors (Lipinski definition) is 2. The highest BCUT2D eigenvalue weighted by Crippen LogP contribution is 2.39. The van der Waals surface area contributed by atoms with Gasteiger partial charge in [0.05, 0.1) is 4.90 Å². The molecule has 5 nitrogen and oxygen atoms in total. The van der Waals surface area contributed by atoms with E-state index in [0.29, 0.717) is 33.8 Å². The van der Waals surface area contributed by atoms with Crippen molar-refractivity contribution >= 4 is 44.0 Å². The van der Waals surface area contributed by atoms with Gasteiger partial charge < -0.3 is 4.98 Å². The number of aromatic amines is 1. The number of anilines is 1. The Bertz CT molecular complexity index is 1210. The van der Waals surface area contributed by atoms with Crippen LogP contribution in [0.1, 0.15) is 41.9 Å². The SMILES string of the molecule is Cc1cc2c3c([nH]c2cc1S(=O)(=O)Nc1ccc(Cl)cc1)CC(C)(C)CC3=O. The van der Waals surface area contributed by atoms with Gasteiger partial charge in [0, 0.05) is 39.3 Å². The summed E-state index contributed by atoms with van der Waals surface area (Å²) in [6, 6.07) is 9.88. The maximum Gasteiger partial charge on any atom is 0.262 e. The molecule has 0 spiro atoms. The monoisotopic (exact) mass is 416 g/mol. The minimum atomic E-state index is -3.78. The van der Waals surface area contributed by atoms with Crippen molar-refractivity contribution in [3.63, 3.8) is 0 Å². The van der Waals surface area contributed by atoms with Crippen LogP contribution in [0.4, 0.5) is 5.69 Å². The molecule has 1 aliphatic carbocycles. The van der Waals surface area contributed by atoms with Crippen molar-refractivity contribution in [2.24, 2.45) is 5.41 Å². The minimum Gasteiger partial charge on any atom is -0.358 e. The molecule has 1 aliphatic rings. The zero-order valence-corrected chi connectivity index (χ0v) is 17.5. The molecule has 0 saturated carbocycles. The molecule has 1 aromatic heterocycles. The van der Waals surface area contributed by atoms with Crippen molar-refractivity contribution in [1.29, 1.82) is 0 Å². The maximum absolute atomic E-state index is 12.9. The second-order valence-electron chi connectivity index (χ2n) is 8.20. The number of hydrogen-bond acceptors (Lipinski definition) is 3. The number of Topliss-reactive ketones (excluding diaryl/α,β-unsaturated/α-hetero) is 1. The summed E-state index contributed by atoms with van der Waals surface area (Å²) in [7, 11) is -3.78. The quantitative estimate of drug-likeness (QED) is 0.624. The van der Waals surface area contributed by atoms with Gasteiger partial charge in [-0.2, -0.15) is 0 Å². The Labute approximate surface area is 169 Å². The van der Waals surface area contributed by atoms with Crippen LogP contribution in [0.5, 0.6) is 0 Å². The molecule has 0 saturated heterocycles. The molecule has 0 fully saturated rings. The number of halogens is 1. The first kappa shape index (κ1) is 19.0. The molecule has 7 heteroatoms. The van der Waals surface area contributed by atoms with Gasteiger partial charge in [0.1, 0.15) is 0 Å². The van der Waals surface area contributed by atoms with Crippen molar-refractivity contribution in [2.75, 3.05) is 4.72 Å². The molecular formula is C21H21ClN2O3S. The van der Waals surface area contributed by atoms with E-state index in [2.05, 4.69) is 23.6 Å². The van der Waals surface area contributed by atoms with E-state index in [9.17, 15) is 13.2 Å². The highest BCUT2D eigenvalue weighted by Gasteiger charge is 2.34. The summed E-state index contributed by atoms with van der Waals surface area (Å²) in [5.41, 5.74) is 3.17. The van der Waals surface area contributed by atoms with E-state index in [-0.39, 0.29) is 16.1 Å². The molecule has 0 atom stereocenters. The van der Waals surface area contributed by atoms with E-state index in [4.69, 9.17) is 11.6 Å². The number of aromatic nitrogens is 1. The Kier molecular flexibility index (Phi) is 4.32. The van der Waals surface area contributed by atoms with E-state index >= 15 is 0 Å². The molecule has 0 unspecified atom stereocenters. The molecular weight excluding hydrogens is 396 g/mol. The summed E-state index contributed by atoms with van der Waals surface area (Å²) in [5, 5.41) is 1.32. The Balaban J connectivity index is 1.80. The number of H-pyrrole nitrogens is 1. The molecule has 1 heterocycles. The van der Waals surface area contributed by atoms with Crippen molar-refractivity contribution in [2.45, 2.75) is 38.5 Å². The molecule has 2 N–H and O–H groups in total. The number of ketones is 1. The van der Waals surface area contributed by atoms with Gasteiger partial charge in [-0.05, 0) is 60.7 Å². The Morgan fingerprint density at radius 3 is 2.46 bits per heavy atom. The van der Waals surface area contributed by atoms with E-state index in [0.717, 1.165) is 17.5 Å². The maximum atomic E-state index is 12.9. The predicted octanol–water partition coefficient (Wildman–Crippen LogP) is 5.09. The van der Waals surface area contributed by atoms with Gasteiger partial charge in [0.15, 0.2) is 5.78 Å². The molecule has 146 valence electrons. The van der Waals surface area contributed by atoms with Crippen molar-refractivity contribution in [3.05, 3.63) is 58.2 Å². The number of nitrogens with one attached hydrogen (secondary N) is 2. The average Bonchev–Trinajstić information content (AvgIpc) is 2.91. The summed E-state index contributed by atoms with van der Waals surface area (Å²) >= 11 is 5.86. The zero-order valence-electron chi connectivity index (χ0n) is 15.9. The number of sulfonamides is 1. The van der Waals surface area contributed by atoms with Crippen molar-refractivity contribution in [1.82, 2.24) is 4.98 Å². The normalized spacial score (nSPS) is 16.2. The topological polar surface area (TPSA) is 79.0 Å². The predicted molar refractivity (Wildman–Crippen MR) is 112 cm³/mol. The van der Waals surface area contributed by atoms with Crippen LogP contribution in [0.15, 0.2) is 41.3 Å². The fourth-order valence-electron chi connectivity index (χ4n) is 3.92. The standard InChI is InChI=1S/C21H21ClN2O3S/c1-12-8-15-16(23-17-10-21(2,3)11-18(25)20(15)17)9-19(12)28(26,27)24-14-6-4-13(22)5-7-14/h4-9,23-24H,10-11H2,1-3H3. The zero-order chi connectivity index (χ0) is 20.3. The highest BCUT2D eigenvalue weighted by molar-refractivity contribution is 7.92. The number of aryl methyl sites for hydroxylation is 1. The molecule has 3 aromatic rings. The minimum absolute atomic E-state index is 0.104. The largest absolute Gasteiger partial charge is 0.358 e. The van der Waals surface area contributed by atoms with Crippen LogP contribution in [-0.4, -0.2) is 19.2 Å². The number of carbonyl (C=O) groups is 1. The van der Waals surface area contributed by atoms with E-state index < -0.39 is 10.0 Å². The number of benzene rings is 2. The second kappa shape index (κ2) is 6.36. The van der Waals surface area contributed by atoms with Gasteiger partial charge in [0.2, 0.25) is 0 Å². The summed E-state index contributed by atoms with van der Waals surface area (Å²) < 4.78 is 28.5. The first-order chi connectivity index (χ1) is 13.1. The molecule has 4 rings (SSSR count). The Morgan fingerprint density at radius 2 is 1.79 bits per heavy atom. The molecule has 0 radical (unpaired) electrons. The lowest BCUT2D eigenvalue weighted by atomic mass is 9.76. The van der Waals surface area contributed by atoms with E-state index in [1.54, 1.807) is 43.3 Å². The molecule has 0 bridgehead atoms. The van der Waals surface area contributed by atoms with Gasteiger partial charge in [-0.25, -0.2) is 8.42 Å². The van der Waals surface area contributed by atoms with Gasteiger partial charge in [-0.15, -0.1) is 0 Å². The second-order valence-corrected chi connectivity index (χ2v) is 10.3. The van der Waals surface area contributed by atoms with Gasteiger partial charge in [-0.1, -0.05) is 25.4 Å². The Morgan fingerprint density at radius 1 is 1.11 bits per heavy atom. The molecule has 0 aliphatic heterocycles. The molecule has 0 amide bonds. The van der Waals surface area contributed by atoms with Crippen LogP contribution in [0, 0.1) is 12.3 Å². The fourth-order valence-corrected chi connectivity index (χ4v) is 5.36. The Hall–Kier alpha value is -2.31. The lowest BCUT2D eigenvalue weighted by Gasteiger charge is -2.28. The van der Waals surface area contributed by atoms with Crippen molar-refractivity contribution < 1.29 is 13.2 Å². The first-order valence-electron chi connectivity index (χ1n) is 9.02. The van der Waals surface area contributed by atoms with Gasteiger partial charge >= 0.3 is 0 Å². The summed E-state index contributed by atoms with van der Waals surface area (Å²) in [5.74, 6) is 0.104. The lowest BCUT2D eigenvalue weighted by molar-refractivity contribution is 0.0913. The van der Waals surface area contributed by atoms with E-state index in [1.807, 2.05) is 0 Å². The van der Waals surface area contributed by atoms with Crippen molar-refractivity contribution in [3.8, 4) is 0 Å². The van der Waals surface area contributed by atoms with Crippen LogP contribution >= 0.6 is 11.6 Å². The summed E-state index contributed by atoms with van der Waals surface area (Å²) in [4.78, 5) is 16.1. The number of rotatable bonds is 3. The molecule has 2 aromatic carbocycles. The summed E-state index contributed by atoms with van der Waals surface area (Å²) in [6.45, 7) is 5.87. The lowest BCUT2D eigenvalue weighted by Crippen LogP contribution is -2.26. The third kappa shape index (κ3) is 3.31. The average molecular weight is 417 g/mol. The van der Waals surface area contributed by atoms with Crippen LogP contribution < -0.4 is 4.72 Å². The summed E-state index contributed by atoms with van der Waals surface area (Å²) in [6.07, 6.45) is 1.25. The first-order valence-corrected chi connectivity index (χ1v) is 10.9. The molecule has 28 heavy (non-hydrogen) atoms. The smallest absolute Gasteiger partial charge is 0.262 e. The number of fused-ring (bicyclic) bond motifs is 3.